The summed E-state index contributed by atoms with van der Waals surface area (Å²) >= 11 is 0. The summed E-state index contributed by atoms with van der Waals surface area (Å²) in [6.07, 6.45) is 2.71. The minimum Gasteiger partial charge on any atom is -0.493 e. The van der Waals surface area contributed by atoms with Crippen LogP contribution in [0.3, 0.4) is 0 Å². The number of fused-ring (bicyclic) bond motifs is 1. The van der Waals surface area contributed by atoms with Gasteiger partial charge in [0.2, 0.25) is 5.91 Å². The van der Waals surface area contributed by atoms with Crippen LogP contribution in [0.25, 0.3) is 0 Å². The molecule has 1 aromatic rings. The molecular formula is C17H23NO4S. The van der Waals surface area contributed by atoms with E-state index in [0.29, 0.717) is 31.9 Å². The number of carbonyl (C=O) groups is 1. The Morgan fingerprint density at radius 3 is 2.70 bits per heavy atom. The first-order chi connectivity index (χ1) is 11.0. The average molecular weight is 337 g/mol. The van der Waals surface area contributed by atoms with E-state index in [1.807, 2.05) is 18.2 Å². The van der Waals surface area contributed by atoms with Gasteiger partial charge in [-0.1, -0.05) is 18.2 Å². The summed E-state index contributed by atoms with van der Waals surface area (Å²) in [4.78, 5) is 12.2. The van der Waals surface area contributed by atoms with Gasteiger partial charge in [0.25, 0.3) is 0 Å². The number of sulfone groups is 1. The molecule has 2 aliphatic heterocycles. The fraction of sp³-hybridized carbons (Fsp3) is 0.588. The van der Waals surface area contributed by atoms with Crippen molar-refractivity contribution < 1.29 is 17.9 Å². The third-order valence-corrected chi connectivity index (χ3v) is 6.47. The van der Waals surface area contributed by atoms with Crippen molar-refractivity contribution in [1.29, 1.82) is 0 Å². The first kappa shape index (κ1) is 16.3. The number of ether oxygens (including phenoxy) is 1. The minimum atomic E-state index is -2.92. The maximum Gasteiger partial charge on any atom is 0.223 e. The number of amides is 1. The van der Waals surface area contributed by atoms with Crippen LogP contribution in [0.4, 0.5) is 0 Å². The normalized spacial score (nSPS) is 24.1. The van der Waals surface area contributed by atoms with Crippen molar-refractivity contribution in [1.82, 2.24) is 5.32 Å². The lowest BCUT2D eigenvalue weighted by molar-refractivity contribution is -0.125. The van der Waals surface area contributed by atoms with Crippen LogP contribution in [0.1, 0.15) is 24.8 Å². The molecule has 0 bridgehead atoms. The predicted octanol–water partition coefficient (Wildman–Crippen LogP) is 1.57. The van der Waals surface area contributed by atoms with Gasteiger partial charge in [-0.2, -0.15) is 0 Å². The Labute approximate surface area is 137 Å². The van der Waals surface area contributed by atoms with Crippen LogP contribution in [-0.4, -0.2) is 39.0 Å². The highest BCUT2D eigenvalue weighted by atomic mass is 32.2. The van der Waals surface area contributed by atoms with E-state index in [4.69, 9.17) is 4.74 Å². The van der Waals surface area contributed by atoms with Crippen LogP contribution < -0.4 is 10.1 Å². The van der Waals surface area contributed by atoms with E-state index in [0.717, 1.165) is 18.6 Å². The molecule has 2 aliphatic rings. The summed E-state index contributed by atoms with van der Waals surface area (Å²) in [5.74, 6) is 1.41. The third kappa shape index (κ3) is 4.25. The number of hydrogen-bond acceptors (Lipinski definition) is 4. The summed E-state index contributed by atoms with van der Waals surface area (Å²) in [7, 11) is -2.92. The summed E-state index contributed by atoms with van der Waals surface area (Å²) in [5.41, 5.74) is 1.19. The molecule has 1 amide bonds. The first-order valence-electron chi connectivity index (χ1n) is 8.22. The van der Waals surface area contributed by atoms with Crippen molar-refractivity contribution in [2.45, 2.75) is 25.7 Å². The standard InChI is InChI=1S/C17H23NO4S/c19-17(14-6-9-23(20,21)10-7-14)18-12-13-5-8-22-16-4-2-1-3-15(16)11-13/h1-4,13-14H,5-12H2,(H,18,19). The number of hydrogen-bond donors (Lipinski definition) is 1. The van der Waals surface area contributed by atoms with Gasteiger partial charge in [-0.05, 0) is 43.2 Å². The van der Waals surface area contributed by atoms with E-state index in [9.17, 15) is 13.2 Å². The van der Waals surface area contributed by atoms with E-state index in [-0.39, 0.29) is 23.3 Å². The lowest BCUT2D eigenvalue weighted by atomic mass is 9.96. The fourth-order valence-corrected chi connectivity index (χ4v) is 4.77. The second-order valence-electron chi connectivity index (χ2n) is 6.49. The Balaban J connectivity index is 1.51. The lowest BCUT2D eigenvalue weighted by Crippen LogP contribution is -2.38. The molecule has 0 aromatic heterocycles. The van der Waals surface area contributed by atoms with Crippen molar-refractivity contribution in [3.63, 3.8) is 0 Å². The molecule has 2 heterocycles. The zero-order chi connectivity index (χ0) is 16.3. The molecule has 0 saturated carbocycles. The highest BCUT2D eigenvalue weighted by Gasteiger charge is 2.28. The van der Waals surface area contributed by atoms with E-state index >= 15 is 0 Å². The Bertz CT molecular complexity index is 657. The van der Waals surface area contributed by atoms with Crippen LogP contribution in [0.5, 0.6) is 5.75 Å². The van der Waals surface area contributed by atoms with Gasteiger partial charge in [-0.25, -0.2) is 8.42 Å². The van der Waals surface area contributed by atoms with Gasteiger partial charge in [-0.3, -0.25) is 4.79 Å². The van der Waals surface area contributed by atoms with Crippen LogP contribution in [-0.2, 0) is 21.1 Å². The quantitative estimate of drug-likeness (QED) is 0.909. The van der Waals surface area contributed by atoms with Gasteiger partial charge >= 0.3 is 0 Å². The van der Waals surface area contributed by atoms with Crippen LogP contribution in [0, 0.1) is 11.8 Å². The third-order valence-electron chi connectivity index (χ3n) is 4.76. The van der Waals surface area contributed by atoms with Crippen molar-refractivity contribution in [3.8, 4) is 5.75 Å². The first-order valence-corrected chi connectivity index (χ1v) is 10.0. The van der Waals surface area contributed by atoms with Gasteiger partial charge < -0.3 is 10.1 Å². The Kier molecular flexibility index (Phi) is 4.90. The Morgan fingerprint density at radius 1 is 1.17 bits per heavy atom. The Hall–Kier alpha value is -1.56. The van der Waals surface area contributed by atoms with Gasteiger partial charge in [0.15, 0.2) is 0 Å². The average Bonchev–Trinajstić information content (AvgIpc) is 2.74. The largest absolute Gasteiger partial charge is 0.493 e. The molecule has 1 fully saturated rings. The summed E-state index contributed by atoms with van der Waals surface area (Å²) in [6, 6.07) is 8.03. The van der Waals surface area contributed by atoms with Crippen molar-refractivity contribution >= 4 is 15.7 Å². The molecule has 1 aromatic carbocycles. The van der Waals surface area contributed by atoms with Crippen molar-refractivity contribution in [2.75, 3.05) is 24.7 Å². The molecule has 1 N–H and O–H groups in total. The summed E-state index contributed by atoms with van der Waals surface area (Å²) < 4.78 is 28.6. The molecule has 1 atom stereocenters. The smallest absolute Gasteiger partial charge is 0.223 e. The van der Waals surface area contributed by atoms with E-state index in [2.05, 4.69) is 11.4 Å². The minimum absolute atomic E-state index is 0.00153. The molecule has 126 valence electrons. The predicted molar refractivity (Wildman–Crippen MR) is 88.1 cm³/mol. The molecule has 6 heteroatoms. The van der Waals surface area contributed by atoms with E-state index in [1.54, 1.807) is 0 Å². The number of carbonyl (C=O) groups excluding carboxylic acids is 1. The molecule has 1 unspecified atom stereocenters. The maximum atomic E-state index is 12.2. The monoisotopic (exact) mass is 337 g/mol. The Morgan fingerprint density at radius 2 is 1.91 bits per heavy atom. The molecule has 0 aliphatic carbocycles. The SMILES string of the molecule is O=C(NCC1CCOc2ccccc2C1)C1CCS(=O)(=O)CC1. The zero-order valence-electron chi connectivity index (χ0n) is 13.2. The topological polar surface area (TPSA) is 72.5 Å². The second-order valence-corrected chi connectivity index (χ2v) is 8.79. The summed E-state index contributed by atoms with van der Waals surface area (Å²) in [5, 5.41) is 3.02. The second kappa shape index (κ2) is 6.91. The fourth-order valence-electron chi connectivity index (χ4n) is 3.28. The zero-order valence-corrected chi connectivity index (χ0v) is 14.0. The highest BCUT2D eigenvalue weighted by molar-refractivity contribution is 7.91. The van der Waals surface area contributed by atoms with Gasteiger partial charge in [0.1, 0.15) is 15.6 Å². The van der Waals surface area contributed by atoms with Crippen LogP contribution in [0.15, 0.2) is 24.3 Å². The van der Waals surface area contributed by atoms with Crippen LogP contribution >= 0.6 is 0 Å². The molecule has 0 spiro atoms. The molecule has 3 rings (SSSR count). The van der Waals surface area contributed by atoms with Gasteiger partial charge in [0, 0.05) is 12.5 Å². The molecule has 1 saturated heterocycles. The molecule has 23 heavy (non-hydrogen) atoms. The van der Waals surface area contributed by atoms with Gasteiger partial charge in [0.05, 0.1) is 18.1 Å². The number of rotatable bonds is 3. The van der Waals surface area contributed by atoms with E-state index in [1.165, 1.54) is 5.56 Å². The maximum absolute atomic E-state index is 12.2. The molecule has 0 radical (unpaired) electrons. The number of benzene rings is 1. The van der Waals surface area contributed by atoms with Crippen molar-refractivity contribution in [3.05, 3.63) is 29.8 Å². The summed E-state index contributed by atoms with van der Waals surface area (Å²) in [6.45, 7) is 1.29. The highest BCUT2D eigenvalue weighted by Crippen LogP contribution is 2.26. The molecular weight excluding hydrogens is 314 g/mol. The van der Waals surface area contributed by atoms with E-state index < -0.39 is 9.84 Å². The molecule has 5 nitrogen and oxygen atoms in total. The van der Waals surface area contributed by atoms with Crippen LogP contribution in [0.2, 0.25) is 0 Å². The van der Waals surface area contributed by atoms with Gasteiger partial charge in [-0.15, -0.1) is 0 Å². The lowest BCUT2D eigenvalue weighted by Gasteiger charge is -2.22. The number of nitrogens with one attached hydrogen (secondary N) is 1. The van der Waals surface area contributed by atoms with Crippen molar-refractivity contribution in [2.24, 2.45) is 11.8 Å². The number of para-hydroxylation sites is 1.